The lowest BCUT2D eigenvalue weighted by molar-refractivity contribution is 0.0905. The molecule has 1 unspecified atom stereocenters. The molecule has 0 saturated heterocycles. The maximum atomic E-state index is 12.3. The molecule has 0 aromatic heterocycles. The van der Waals surface area contributed by atoms with Gasteiger partial charge in [-0.15, -0.1) is 0 Å². The van der Waals surface area contributed by atoms with Gasteiger partial charge in [0.05, 0.1) is 28.9 Å². The third kappa shape index (κ3) is 4.82. The van der Waals surface area contributed by atoms with Gasteiger partial charge in [-0.2, -0.15) is 0 Å². The lowest BCUT2D eigenvalue weighted by Crippen LogP contribution is -2.39. The number of nitrogens with one attached hydrogen (secondary N) is 1. The summed E-state index contributed by atoms with van der Waals surface area (Å²) in [5.41, 5.74) is 0.126. The smallest absolute Gasteiger partial charge is 0.252 e. The molecule has 5 nitrogen and oxygen atoms in total. The quantitative estimate of drug-likeness (QED) is 0.801. The molecular formula is C15H23NO4S. The summed E-state index contributed by atoms with van der Waals surface area (Å²) < 4.78 is 24.1. The normalized spacial score (nSPS) is 13.2. The minimum atomic E-state index is -3.46. The Morgan fingerprint density at radius 1 is 1.29 bits per heavy atom. The lowest BCUT2D eigenvalue weighted by Gasteiger charge is -2.19. The average molecular weight is 313 g/mol. The van der Waals surface area contributed by atoms with Crippen molar-refractivity contribution in [3.63, 3.8) is 0 Å². The third-order valence-electron chi connectivity index (χ3n) is 3.16. The van der Waals surface area contributed by atoms with E-state index >= 15 is 0 Å². The first kappa shape index (κ1) is 17.7. The van der Waals surface area contributed by atoms with E-state index in [4.69, 9.17) is 0 Å². The van der Waals surface area contributed by atoms with Gasteiger partial charge in [-0.3, -0.25) is 4.79 Å². The summed E-state index contributed by atoms with van der Waals surface area (Å²) in [6, 6.07) is 5.76. The molecule has 1 aromatic rings. The van der Waals surface area contributed by atoms with Crippen LogP contribution in [0.25, 0.3) is 0 Å². The fourth-order valence-corrected chi connectivity index (χ4v) is 3.18. The highest BCUT2D eigenvalue weighted by molar-refractivity contribution is 7.91. The minimum Gasteiger partial charge on any atom is -0.394 e. The SMILES string of the molecule is CCS(=O)(=O)c1ccccc1C(=O)NC(CO)CC(C)C. The van der Waals surface area contributed by atoms with Crippen molar-refractivity contribution in [1.82, 2.24) is 5.32 Å². The van der Waals surface area contributed by atoms with Crippen molar-refractivity contribution in [2.24, 2.45) is 5.92 Å². The van der Waals surface area contributed by atoms with Gasteiger partial charge >= 0.3 is 0 Å². The van der Waals surface area contributed by atoms with Crippen molar-refractivity contribution in [3.8, 4) is 0 Å². The van der Waals surface area contributed by atoms with Crippen LogP contribution in [0.1, 0.15) is 37.6 Å². The van der Waals surface area contributed by atoms with Crippen molar-refractivity contribution < 1.29 is 18.3 Å². The van der Waals surface area contributed by atoms with Crippen molar-refractivity contribution in [1.29, 1.82) is 0 Å². The van der Waals surface area contributed by atoms with Crippen molar-refractivity contribution >= 4 is 15.7 Å². The summed E-state index contributed by atoms with van der Waals surface area (Å²) in [4.78, 5) is 12.3. The van der Waals surface area contributed by atoms with Crippen LogP contribution < -0.4 is 5.32 Å². The van der Waals surface area contributed by atoms with Crippen LogP contribution in [0.2, 0.25) is 0 Å². The van der Waals surface area contributed by atoms with Crippen LogP contribution >= 0.6 is 0 Å². The van der Waals surface area contributed by atoms with E-state index in [1.165, 1.54) is 12.1 Å². The molecule has 1 atom stereocenters. The first-order valence-corrected chi connectivity index (χ1v) is 8.70. The number of hydrogen-bond donors (Lipinski definition) is 2. The van der Waals surface area contributed by atoms with Gasteiger partial charge in [0.15, 0.2) is 9.84 Å². The Kier molecular flexibility index (Phi) is 6.36. The number of carbonyl (C=O) groups excluding carboxylic acids is 1. The van der Waals surface area contributed by atoms with E-state index in [0.29, 0.717) is 12.3 Å². The molecule has 1 aromatic carbocycles. The summed E-state index contributed by atoms with van der Waals surface area (Å²) >= 11 is 0. The predicted octanol–water partition coefficient (Wildman–Crippen LogP) is 1.62. The fourth-order valence-electron chi connectivity index (χ4n) is 2.09. The summed E-state index contributed by atoms with van der Waals surface area (Å²) in [6.45, 7) is 5.35. The molecule has 118 valence electrons. The first-order chi connectivity index (χ1) is 9.81. The van der Waals surface area contributed by atoms with Crippen LogP contribution in [-0.2, 0) is 9.84 Å². The summed E-state index contributed by atoms with van der Waals surface area (Å²) in [5, 5.41) is 12.0. The van der Waals surface area contributed by atoms with Crippen LogP contribution in [0, 0.1) is 5.92 Å². The molecule has 0 aliphatic heterocycles. The van der Waals surface area contributed by atoms with Gasteiger partial charge in [-0.25, -0.2) is 8.42 Å². The molecule has 6 heteroatoms. The molecule has 0 heterocycles. The lowest BCUT2D eigenvalue weighted by atomic mass is 10.0. The molecule has 21 heavy (non-hydrogen) atoms. The van der Waals surface area contributed by atoms with Gasteiger partial charge in [0, 0.05) is 0 Å². The number of sulfone groups is 1. The minimum absolute atomic E-state index is 0.0336. The Hall–Kier alpha value is -1.40. The first-order valence-electron chi connectivity index (χ1n) is 7.05. The van der Waals surface area contributed by atoms with Gasteiger partial charge in [0.25, 0.3) is 5.91 Å². The largest absolute Gasteiger partial charge is 0.394 e. The van der Waals surface area contributed by atoms with E-state index in [2.05, 4.69) is 5.32 Å². The van der Waals surface area contributed by atoms with E-state index in [9.17, 15) is 18.3 Å². The standard InChI is InChI=1S/C15H23NO4S/c1-4-21(19,20)14-8-6-5-7-13(14)15(18)16-12(10-17)9-11(2)3/h5-8,11-12,17H,4,9-10H2,1-3H3,(H,16,18). The number of hydrogen-bond acceptors (Lipinski definition) is 4. The van der Waals surface area contributed by atoms with Crippen molar-refractivity contribution in [3.05, 3.63) is 29.8 Å². The van der Waals surface area contributed by atoms with Gasteiger partial charge in [-0.1, -0.05) is 32.9 Å². The summed E-state index contributed by atoms with van der Waals surface area (Å²) in [5.74, 6) is -0.216. The molecule has 0 aliphatic rings. The highest BCUT2D eigenvalue weighted by Gasteiger charge is 2.22. The number of benzene rings is 1. The second-order valence-electron chi connectivity index (χ2n) is 5.38. The van der Waals surface area contributed by atoms with Crippen LogP contribution in [0.4, 0.5) is 0 Å². The second kappa shape index (κ2) is 7.56. The number of carbonyl (C=O) groups is 1. The highest BCUT2D eigenvalue weighted by Crippen LogP contribution is 2.17. The Morgan fingerprint density at radius 2 is 1.90 bits per heavy atom. The molecule has 2 N–H and O–H groups in total. The van der Waals surface area contributed by atoms with Crippen LogP contribution in [0.5, 0.6) is 0 Å². The van der Waals surface area contributed by atoms with E-state index in [1.54, 1.807) is 19.1 Å². The monoisotopic (exact) mass is 313 g/mol. The summed E-state index contributed by atoms with van der Waals surface area (Å²) in [6.07, 6.45) is 0.630. The van der Waals surface area contributed by atoms with E-state index in [1.807, 2.05) is 13.8 Å². The Morgan fingerprint density at radius 3 is 2.43 bits per heavy atom. The molecule has 0 spiro atoms. The van der Waals surface area contributed by atoms with Crippen LogP contribution in [-0.4, -0.2) is 37.8 Å². The molecular weight excluding hydrogens is 290 g/mol. The predicted molar refractivity (Wildman–Crippen MR) is 82.0 cm³/mol. The zero-order valence-electron chi connectivity index (χ0n) is 12.7. The zero-order valence-corrected chi connectivity index (χ0v) is 13.5. The molecule has 0 saturated carbocycles. The molecule has 0 radical (unpaired) electrons. The molecule has 1 rings (SSSR count). The molecule has 0 fully saturated rings. The maximum absolute atomic E-state index is 12.3. The molecule has 0 bridgehead atoms. The topological polar surface area (TPSA) is 83.5 Å². The fraction of sp³-hybridized carbons (Fsp3) is 0.533. The zero-order chi connectivity index (χ0) is 16.0. The number of rotatable bonds is 7. The van der Waals surface area contributed by atoms with Crippen LogP contribution in [0.3, 0.4) is 0 Å². The average Bonchev–Trinajstić information content (AvgIpc) is 2.45. The van der Waals surface area contributed by atoms with E-state index < -0.39 is 15.7 Å². The van der Waals surface area contributed by atoms with E-state index in [-0.39, 0.29) is 28.9 Å². The molecule has 0 aliphatic carbocycles. The maximum Gasteiger partial charge on any atom is 0.252 e. The van der Waals surface area contributed by atoms with Gasteiger partial charge in [0.2, 0.25) is 0 Å². The van der Waals surface area contributed by atoms with Crippen LogP contribution in [0.15, 0.2) is 29.2 Å². The second-order valence-corrected chi connectivity index (χ2v) is 7.63. The third-order valence-corrected chi connectivity index (χ3v) is 4.94. The van der Waals surface area contributed by atoms with Crippen molar-refractivity contribution in [2.45, 2.75) is 38.1 Å². The summed E-state index contributed by atoms with van der Waals surface area (Å²) in [7, 11) is -3.46. The number of amides is 1. The number of aliphatic hydroxyl groups is 1. The van der Waals surface area contributed by atoms with Crippen molar-refractivity contribution in [2.75, 3.05) is 12.4 Å². The Labute approximate surface area is 126 Å². The van der Waals surface area contributed by atoms with Gasteiger partial charge < -0.3 is 10.4 Å². The highest BCUT2D eigenvalue weighted by atomic mass is 32.2. The number of aliphatic hydroxyl groups excluding tert-OH is 1. The van der Waals surface area contributed by atoms with E-state index in [0.717, 1.165) is 0 Å². The molecule has 1 amide bonds. The Bertz CT molecular complexity index is 581. The van der Waals surface area contributed by atoms with Gasteiger partial charge in [-0.05, 0) is 24.5 Å². The Balaban J connectivity index is 3.03. The van der Waals surface area contributed by atoms with Gasteiger partial charge in [0.1, 0.15) is 0 Å².